The van der Waals surface area contributed by atoms with E-state index < -0.39 is 61.3 Å². The summed E-state index contributed by atoms with van der Waals surface area (Å²) in [6, 6.07) is 0. The molecular weight excluding hydrogens is 716 g/mol. The molecule has 0 aromatic carbocycles. The van der Waals surface area contributed by atoms with Crippen LogP contribution >= 0.6 is 0 Å². The van der Waals surface area contributed by atoms with E-state index in [1.165, 1.54) is 0 Å². The fraction of sp³-hybridized carbons (Fsp3) is 0.667. The molecule has 0 aromatic rings. The van der Waals surface area contributed by atoms with Gasteiger partial charge in [-0.2, -0.15) is 0 Å². The molecule has 56 heavy (non-hydrogen) atoms. The fourth-order valence-electron chi connectivity index (χ4n) is 5.79. The number of unbranched alkanes of at least 4 members (excludes halogenated alkanes) is 10. The van der Waals surface area contributed by atoms with Crippen molar-refractivity contribution in [2.24, 2.45) is 0 Å². The molecule has 11 heteroatoms. The molecule has 4 N–H and O–H groups in total. The number of carboxylic acid groups (broad SMARTS) is 1. The molecule has 1 saturated heterocycles. The van der Waals surface area contributed by atoms with Crippen LogP contribution in [0.15, 0.2) is 72.9 Å². The number of rotatable bonds is 33. The second-order valence-corrected chi connectivity index (χ2v) is 14.1. The van der Waals surface area contributed by atoms with Crippen molar-refractivity contribution in [3.63, 3.8) is 0 Å². The van der Waals surface area contributed by atoms with Crippen molar-refractivity contribution < 1.29 is 53.8 Å². The monoisotopic (exact) mass is 789 g/mol. The van der Waals surface area contributed by atoms with Crippen LogP contribution in [0, 0.1) is 0 Å². The van der Waals surface area contributed by atoms with Gasteiger partial charge >= 0.3 is 17.9 Å². The maximum Gasteiger partial charge on any atom is 0.335 e. The minimum absolute atomic E-state index is 0.155. The quantitative estimate of drug-likeness (QED) is 0.0286. The van der Waals surface area contributed by atoms with E-state index in [2.05, 4.69) is 86.8 Å². The molecule has 0 bridgehead atoms. The van der Waals surface area contributed by atoms with Crippen molar-refractivity contribution in [3.8, 4) is 0 Å². The average Bonchev–Trinajstić information content (AvgIpc) is 3.18. The zero-order valence-corrected chi connectivity index (χ0v) is 34.1. The molecule has 0 aliphatic carbocycles. The summed E-state index contributed by atoms with van der Waals surface area (Å²) in [5, 5.41) is 39.7. The van der Waals surface area contributed by atoms with Crippen LogP contribution < -0.4 is 0 Å². The molecule has 6 atom stereocenters. The molecule has 1 rings (SSSR count). The summed E-state index contributed by atoms with van der Waals surface area (Å²) in [6.07, 6.45) is 33.8. The van der Waals surface area contributed by atoms with E-state index in [1.54, 1.807) is 0 Å². The molecular formula is C45H72O11. The van der Waals surface area contributed by atoms with Gasteiger partial charge in [-0.05, 0) is 77.0 Å². The minimum atomic E-state index is -1.87. The van der Waals surface area contributed by atoms with E-state index in [9.17, 15) is 34.8 Å². The van der Waals surface area contributed by atoms with Gasteiger partial charge < -0.3 is 39.4 Å². The predicted octanol–water partition coefficient (Wildman–Crippen LogP) is 8.53. The molecule has 0 amide bonds. The third kappa shape index (κ3) is 26.5. The number of aliphatic hydroxyl groups excluding tert-OH is 3. The van der Waals surface area contributed by atoms with Crippen LogP contribution in [-0.2, 0) is 33.3 Å². The zero-order chi connectivity index (χ0) is 41.1. The summed E-state index contributed by atoms with van der Waals surface area (Å²) in [6.45, 7) is 3.53. The lowest BCUT2D eigenvalue weighted by Gasteiger charge is -2.38. The van der Waals surface area contributed by atoms with Crippen LogP contribution in [0.1, 0.15) is 142 Å². The van der Waals surface area contributed by atoms with Crippen LogP contribution in [0.4, 0.5) is 0 Å². The van der Waals surface area contributed by atoms with Gasteiger partial charge in [0.05, 0.1) is 6.61 Å². The van der Waals surface area contributed by atoms with Gasteiger partial charge in [0.25, 0.3) is 0 Å². The zero-order valence-electron chi connectivity index (χ0n) is 34.1. The molecule has 1 aliphatic heterocycles. The standard InChI is InChI=1S/C45H72O11/c1-3-5-7-9-11-13-15-17-19-21-23-25-27-29-31-33-38(46)53-35-37(36-54-45-42(50)40(48)41(49)43(56-45)44(51)52)55-39(47)34-32-30-28-26-24-22-20-18-16-14-12-10-8-6-4-2/h5-8,11-14,17-20,37,40-43,45,48-50H,3-4,9-10,15-16,21-36H2,1-2H3,(H,51,52)/b7-5-,8-6-,13-11-,14-12-,19-17-,20-18-. The fourth-order valence-corrected chi connectivity index (χ4v) is 5.79. The topological polar surface area (TPSA) is 169 Å². The number of allylic oxidation sites excluding steroid dienone is 12. The average molecular weight is 789 g/mol. The van der Waals surface area contributed by atoms with Crippen molar-refractivity contribution in [1.29, 1.82) is 0 Å². The second-order valence-electron chi connectivity index (χ2n) is 14.1. The lowest BCUT2D eigenvalue weighted by atomic mass is 9.99. The van der Waals surface area contributed by atoms with Gasteiger partial charge in [-0.15, -0.1) is 0 Å². The van der Waals surface area contributed by atoms with Crippen LogP contribution in [0.25, 0.3) is 0 Å². The summed E-state index contributed by atoms with van der Waals surface area (Å²) < 4.78 is 21.7. The Bertz CT molecular complexity index is 1200. The van der Waals surface area contributed by atoms with Gasteiger partial charge in [0.2, 0.25) is 0 Å². The number of carboxylic acids is 1. The lowest BCUT2D eigenvalue weighted by molar-refractivity contribution is -0.298. The number of aliphatic hydroxyl groups is 3. The number of ether oxygens (including phenoxy) is 4. The summed E-state index contributed by atoms with van der Waals surface area (Å²) in [5.74, 6) is -2.50. The normalized spacial score (nSPS) is 21.1. The Morgan fingerprint density at radius 1 is 0.554 bits per heavy atom. The van der Waals surface area contributed by atoms with Gasteiger partial charge in [0.1, 0.15) is 24.9 Å². The second kappa shape index (κ2) is 34.9. The van der Waals surface area contributed by atoms with Gasteiger partial charge in [0, 0.05) is 12.8 Å². The molecule has 1 aliphatic rings. The summed E-state index contributed by atoms with van der Waals surface area (Å²) in [5.41, 5.74) is 0. The molecule has 318 valence electrons. The third-order valence-electron chi connectivity index (χ3n) is 9.05. The van der Waals surface area contributed by atoms with E-state index in [4.69, 9.17) is 18.9 Å². The van der Waals surface area contributed by atoms with E-state index in [0.717, 1.165) is 103 Å². The largest absolute Gasteiger partial charge is 0.479 e. The molecule has 1 heterocycles. The molecule has 0 spiro atoms. The molecule has 6 unspecified atom stereocenters. The Morgan fingerprint density at radius 3 is 1.50 bits per heavy atom. The highest BCUT2D eigenvalue weighted by molar-refractivity contribution is 5.73. The van der Waals surface area contributed by atoms with Gasteiger partial charge in [-0.3, -0.25) is 9.59 Å². The molecule has 11 nitrogen and oxygen atoms in total. The van der Waals surface area contributed by atoms with Crippen molar-refractivity contribution in [2.45, 2.75) is 179 Å². The predicted molar refractivity (Wildman–Crippen MR) is 220 cm³/mol. The van der Waals surface area contributed by atoms with Crippen molar-refractivity contribution in [1.82, 2.24) is 0 Å². The van der Waals surface area contributed by atoms with Gasteiger partial charge in [-0.25, -0.2) is 4.79 Å². The number of carbonyl (C=O) groups excluding carboxylic acids is 2. The van der Waals surface area contributed by atoms with Crippen LogP contribution in [0.5, 0.6) is 0 Å². The first kappa shape index (κ1) is 50.7. The number of carbonyl (C=O) groups is 3. The molecule has 1 fully saturated rings. The molecule has 0 radical (unpaired) electrons. The minimum Gasteiger partial charge on any atom is -0.479 e. The first-order valence-electron chi connectivity index (χ1n) is 21.0. The number of hydrogen-bond acceptors (Lipinski definition) is 10. The van der Waals surface area contributed by atoms with Gasteiger partial charge in [-0.1, -0.05) is 125 Å². The number of aliphatic carboxylic acids is 1. The Morgan fingerprint density at radius 2 is 1.00 bits per heavy atom. The van der Waals surface area contributed by atoms with Crippen molar-refractivity contribution >= 4 is 17.9 Å². The van der Waals surface area contributed by atoms with E-state index in [1.807, 2.05) is 0 Å². The Kier molecular flexibility index (Phi) is 31.5. The SMILES string of the molecule is CC/C=C\C/C=C\C/C=C\CCCCCCCC(=O)OCC(COC1OC(C(=O)O)C(O)C(O)C1O)OC(=O)CCCCCCC/C=C\C/C=C\C/C=C\CC. The highest BCUT2D eigenvalue weighted by atomic mass is 16.7. The van der Waals surface area contributed by atoms with Crippen LogP contribution in [-0.4, -0.2) is 88.4 Å². The summed E-state index contributed by atoms with van der Waals surface area (Å²) in [7, 11) is 0. The maximum atomic E-state index is 12.7. The lowest BCUT2D eigenvalue weighted by Crippen LogP contribution is -2.60. The van der Waals surface area contributed by atoms with E-state index >= 15 is 0 Å². The summed E-state index contributed by atoms with van der Waals surface area (Å²) in [4.78, 5) is 36.7. The first-order chi connectivity index (χ1) is 27.2. The van der Waals surface area contributed by atoms with E-state index in [0.29, 0.717) is 12.8 Å². The Hall–Kier alpha value is -3.35. The van der Waals surface area contributed by atoms with E-state index in [-0.39, 0.29) is 19.4 Å². The van der Waals surface area contributed by atoms with Crippen molar-refractivity contribution in [2.75, 3.05) is 13.2 Å². The third-order valence-corrected chi connectivity index (χ3v) is 9.05. The smallest absolute Gasteiger partial charge is 0.335 e. The van der Waals surface area contributed by atoms with Crippen LogP contribution in [0.2, 0.25) is 0 Å². The molecule has 0 saturated carbocycles. The number of esters is 2. The Balaban J connectivity index is 2.43. The Labute approximate surface area is 336 Å². The highest BCUT2D eigenvalue weighted by Crippen LogP contribution is 2.23. The van der Waals surface area contributed by atoms with Gasteiger partial charge in [0.15, 0.2) is 18.5 Å². The summed E-state index contributed by atoms with van der Waals surface area (Å²) >= 11 is 0. The van der Waals surface area contributed by atoms with Crippen molar-refractivity contribution in [3.05, 3.63) is 72.9 Å². The maximum absolute atomic E-state index is 12.7. The first-order valence-corrected chi connectivity index (χ1v) is 21.0. The van der Waals surface area contributed by atoms with Crippen LogP contribution in [0.3, 0.4) is 0 Å². The number of hydrogen-bond donors (Lipinski definition) is 4. The molecule has 0 aromatic heterocycles. The highest BCUT2D eigenvalue weighted by Gasteiger charge is 2.47.